The lowest BCUT2D eigenvalue weighted by Crippen LogP contribution is -2.07. The zero-order chi connectivity index (χ0) is 14.8. The van der Waals surface area contributed by atoms with E-state index in [4.69, 9.17) is 0 Å². The minimum Gasteiger partial charge on any atom is -0.292 e. The van der Waals surface area contributed by atoms with Crippen molar-refractivity contribution in [2.24, 2.45) is 0 Å². The molecule has 1 heterocycles. The molecule has 104 valence electrons. The Hall–Kier alpha value is -2.62. The van der Waals surface area contributed by atoms with Crippen molar-refractivity contribution in [3.05, 3.63) is 77.6 Å². The van der Waals surface area contributed by atoms with E-state index in [1.54, 1.807) is 6.20 Å². The largest absolute Gasteiger partial charge is 0.292 e. The van der Waals surface area contributed by atoms with Gasteiger partial charge in [-0.05, 0) is 29.1 Å². The van der Waals surface area contributed by atoms with E-state index in [2.05, 4.69) is 4.98 Å². The van der Waals surface area contributed by atoms with Crippen molar-refractivity contribution in [1.29, 1.82) is 0 Å². The maximum absolute atomic E-state index is 13.2. The van der Waals surface area contributed by atoms with Crippen molar-refractivity contribution < 1.29 is 13.6 Å². The Balaban J connectivity index is 1.97. The Morgan fingerprint density at radius 2 is 1.71 bits per heavy atom. The summed E-state index contributed by atoms with van der Waals surface area (Å²) in [6, 6.07) is 12.3. The first-order valence-corrected chi connectivity index (χ1v) is 6.45. The van der Waals surface area contributed by atoms with Crippen molar-refractivity contribution in [3.63, 3.8) is 0 Å². The Kier molecular flexibility index (Phi) is 3.44. The number of Topliss-reactive ketones (excluding diaryl/α,β-unsaturated/α-hetero) is 1. The molecule has 0 saturated carbocycles. The molecule has 0 bridgehead atoms. The minimum atomic E-state index is -0.691. The number of aromatic nitrogens is 1. The molecule has 0 aliphatic rings. The zero-order valence-electron chi connectivity index (χ0n) is 11.0. The third kappa shape index (κ3) is 2.79. The number of halogens is 2. The van der Waals surface area contributed by atoms with E-state index in [9.17, 15) is 13.6 Å². The van der Waals surface area contributed by atoms with Gasteiger partial charge in [-0.25, -0.2) is 8.78 Å². The SMILES string of the molecule is O=C(Cc1cc(F)cc(F)c1)c1nccc2ccccc12. The molecule has 2 aromatic carbocycles. The molecule has 0 unspecified atom stereocenters. The molecule has 3 rings (SSSR count). The molecule has 0 aliphatic heterocycles. The number of carbonyl (C=O) groups is 1. The molecule has 3 aromatic rings. The van der Waals surface area contributed by atoms with Gasteiger partial charge in [0.1, 0.15) is 17.3 Å². The van der Waals surface area contributed by atoms with Gasteiger partial charge in [0.05, 0.1) is 0 Å². The quantitative estimate of drug-likeness (QED) is 0.681. The smallest absolute Gasteiger partial charge is 0.186 e. The topological polar surface area (TPSA) is 30.0 Å². The lowest BCUT2D eigenvalue weighted by atomic mass is 10.0. The van der Waals surface area contributed by atoms with Crippen molar-refractivity contribution in [1.82, 2.24) is 4.98 Å². The number of benzene rings is 2. The van der Waals surface area contributed by atoms with E-state index in [0.29, 0.717) is 11.3 Å². The summed E-state index contributed by atoms with van der Waals surface area (Å²) < 4.78 is 26.3. The number of hydrogen-bond acceptors (Lipinski definition) is 2. The molecule has 0 aliphatic carbocycles. The van der Waals surface area contributed by atoms with Crippen LogP contribution in [0.3, 0.4) is 0 Å². The van der Waals surface area contributed by atoms with Crippen LogP contribution < -0.4 is 0 Å². The van der Waals surface area contributed by atoms with Gasteiger partial charge in [0.15, 0.2) is 5.78 Å². The highest BCUT2D eigenvalue weighted by molar-refractivity contribution is 6.07. The molecule has 0 radical (unpaired) electrons. The van der Waals surface area contributed by atoms with Crippen LogP contribution in [0.5, 0.6) is 0 Å². The van der Waals surface area contributed by atoms with Gasteiger partial charge in [0, 0.05) is 24.1 Å². The first kappa shape index (κ1) is 13.4. The first-order valence-electron chi connectivity index (χ1n) is 6.45. The van der Waals surface area contributed by atoms with Crippen LogP contribution >= 0.6 is 0 Å². The standard InChI is InChI=1S/C17H11F2NO/c18-13-7-11(8-14(19)10-13)9-16(21)17-15-4-2-1-3-12(15)5-6-20-17/h1-8,10H,9H2. The second-order valence-electron chi connectivity index (χ2n) is 4.76. The number of fused-ring (bicyclic) bond motifs is 1. The average molecular weight is 283 g/mol. The van der Waals surface area contributed by atoms with Crippen LogP contribution in [-0.4, -0.2) is 10.8 Å². The van der Waals surface area contributed by atoms with Gasteiger partial charge >= 0.3 is 0 Å². The molecule has 4 heteroatoms. The van der Waals surface area contributed by atoms with Crippen LogP contribution in [0.25, 0.3) is 10.8 Å². The molecule has 0 fully saturated rings. The van der Waals surface area contributed by atoms with Crippen molar-refractivity contribution in [3.8, 4) is 0 Å². The van der Waals surface area contributed by atoms with Crippen LogP contribution in [0.4, 0.5) is 8.78 Å². The molecule has 0 spiro atoms. The Morgan fingerprint density at radius 3 is 2.48 bits per heavy atom. The van der Waals surface area contributed by atoms with Crippen LogP contribution in [0.1, 0.15) is 16.1 Å². The first-order chi connectivity index (χ1) is 10.1. The lowest BCUT2D eigenvalue weighted by molar-refractivity contribution is 0.0990. The van der Waals surface area contributed by atoms with E-state index in [0.717, 1.165) is 29.0 Å². The molecule has 2 nitrogen and oxygen atoms in total. The molecule has 21 heavy (non-hydrogen) atoms. The average Bonchev–Trinajstić information content (AvgIpc) is 2.45. The van der Waals surface area contributed by atoms with Gasteiger partial charge in [-0.15, -0.1) is 0 Å². The maximum Gasteiger partial charge on any atom is 0.186 e. The summed E-state index contributed by atoms with van der Waals surface area (Å²) in [5.74, 6) is -1.65. The Bertz CT molecular complexity index is 804. The molecule has 0 N–H and O–H groups in total. The molecular formula is C17H11F2NO. The van der Waals surface area contributed by atoms with E-state index in [-0.39, 0.29) is 12.2 Å². The lowest BCUT2D eigenvalue weighted by Gasteiger charge is -2.05. The van der Waals surface area contributed by atoms with E-state index in [1.807, 2.05) is 30.3 Å². The third-order valence-corrected chi connectivity index (χ3v) is 3.22. The molecule has 0 amide bonds. The third-order valence-electron chi connectivity index (χ3n) is 3.22. The second kappa shape index (κ2) is 5.40. The molecule has 1 aromatic heterocycles. The summed E-state index contributed by atoms with van der Waals surface area (Å²) in [5, 5.41) is 1.64. The van der Waals surface area contributed by atoms with Crippen molar-refractivity contribution in [2.75, 3.05) is 0 Å². The minimum absolute atomic E-state index is 0.0876. The molecule has 0 saturated heterocycles. The van der Waals surface area contributed by atoms with Crippen LogP contribution in [-0.2, 0) is 6.42 Å². The monoisotopic (exact) mass is 283 g/mol. The van der Waals surface area contributed by atoms with Crippen LogP contribution in [0.2, 0.25) is 0 Å². The van der Waals surface area contributed by atoms with Gasteiger partial charge in [-0.3, -0.25) is 9.78 Å². The Labute approximate surface area is 120 Å². The number of ketones is 1. The van der Waals surface area contributed by atoms with Crippen LogP contribution in [0, 0.1) is 11.6 Å². The number of carbonyl (C=O) groups excluding carboxylic acids is 1. The normalized spacial score (nSPS) is 10.8. The highest BCUT2D eigenvalue weighted by atomic mass is 19.1. The highest BCUT2D eigenvalue weighted by Crippen LogP contribution is 2.18. The summed E-state index contributed by atoms with van der Waals surface area (Å²) in [5.41, 5.74) is 0.616. The fraction of sp³-hybridized carbons (Fsp3) is 0.0588. The van der Waals surface area contributed by atoms with Gasteiger partial charge in [0.25, 0.3) is 0 Å². The number of nitrogens with zero attached hydrogens (tertiary/aromatic N) is 1. The number of rotatable bonds is 3. The molecular weight excluding hydrogens is 272 g/mol. The zero-order valence-corrected chi connectivity index (χ0v) is 11.0. The van der Waals surface area contributed by atoms with Gasteiger partial charge in [0.2, 0.25) is 0 Å². The second-order valence-corrected chi connectivity index (χ2v) is 4.76. The van der Waals surface area contributed by atoms with Gasteiger partial charge in [-0.1, -0.05) is 24.3 Å². The summed E-state index contributed by atoms with van der Waals surface area (Å²) in [7, 11) is 0. The fourth-order valence-electron chi connectivity index (χ4n) is 2.32. The van der Waals surface area contributed by atoms with Gasteiger partial charge < -0.3 is 0 Å². The van der Waals surface area contributed by atoms with E-state index in [1.165, 1.54) is 0 Å². The molecule has 0 atom stereocenters. The highest BCUT2D eigenvalue weighted by Gasteiger charge is 2.13. The van der Waals surface area contributed by atoms with Crippen molar-refractivity contribution >= 4 is 16.6 Å². The summed E-state index contributed by atoms with van der Waals surface area (Å²) in [6.45, 7) is 0. The predicted octanol–water partition coefficient (Wildman–Crippen LogP) is 3.94. The van der Waals surface area contributed by atoms with Crippen molar-refractivity contribution in [2.45, 2.75) is 6.42 Å². The summed E-state index contributed by atoms with van der Waals surface area (Å²) in [4.78, 5) is 16.5. The van der Waals surface area contributed by atoms with E-state index < -0.39 is 11.6 Å². The Morgan fingerprint density at radius 1 is 1.00 bits per heavy atom. The maximum atomic E-state index is 13.2. The summed E-state index contributed by atoms with van der Waals surface area (Å²) >= 11 is 0. The van der Waals surface area contributed by atoms with E-state index >= 15 is 0 Å². The summed E-state index contributed by atoms with van der Waals surface area (Å²) in [6.07, 6.45) is 1.47. The fourth-order valence-corrected chi connectivity index (χ4v) is 2.32. The van der Waals surface area contributed by atoms with Gasteiger partial charge in [-0.2, -0.15) is 0 Å². The number of hydrogen-bond donors (Lipinski definition) is 0. The number of pyridine rings is 1. The predicted molar refractivity (Wildman–Crippen MR) is 76.1 cm³/mol. The van der Waals surface area contributed by atoms with Crippen LogP contribution in [0.15, 0.2) is 54.7 Å².